The summed E-state index contributed by atoms with van der Waals surface area (Å²) in [5, 5.41) is 9.80. The number of aliphatic hydroxyl groups is 1. The predicted octanol–water partition coefficient (Wildman–Crippen LogP) is 1.90. The molecular formula is C13H22ClNO4. The normalized spacial score (nSPS) is 13.2. The molecule has 1 aromatic rings. The van der Waals surface area contributed by atoms with E-state index in [-0.39, 0.29) is 12.4 Å². The van der Waals surface area contributed by atoms with E-state index in [1.807, 2.05) is 6.92 Å². The summed E-state index contributed by atoms with van der Waals surface area (Å²) in [4.78, 5) is 0. The second-order valence-corrected chi connectivity index (χ2v) is 3.96. The fourth-order valence-electron chi connectivity index (χ4n) is 1.77. The first kappa shape index (κ1) is 17.8. The standard InChI is InChI=1S/C13H21NO4.ClH/c1-5-9(15)12(14)8-6-10(16-2)13(18-4)11(7-8)17-3;/h6-7,9,12,15H,5,14H2,1-4H3;1H/t9-,12+;/m0./s1. The Labute approximate surface area is 120 Å². The first-order valence-electron chi connectivity index (χ1n) is 5.82. The molecule has 5 nitrogen and oxygen atoms in total. The topological polar surface area (TPSA) is 73.9 Å². The molecule has 0 unspecified atom stereocenters. The van der Waals surface area contributed by atoms with Gasteiger partial charge in [0.05, 0.1) is 33.5 Å². The van der Waals surface area contributed by atoms with E-state index >= 15 is 0 Å². The SMILES string of the molecule is CC[C@H](O)[C@H](N)c1cc(OC)c(OC)c(OC)c1.Cl. The van der Waals surface area contributed by atoms with E-state index < -0.39 is 12.1 Å². The van der Waals surface area contributed by atoms with Gasteiger partial charge >= 0.3 is 0 Å². The third-order valence-electron chi connectivity index (χ3n) is 2.90. The van der Waals surface area contributed by atoms with Crippen molar-refractivity contribution in [2.75, 3.05) is 21.3 Å². The molecule has 0 fully saturated rings. The molecule has 0 aromatic heterocycles. The van der Waals surface area contributed by atoms with Gasteiger partial charge in [0.15, 0.2) is 11.5 Å². The number of benzene rings is 1. The smallest absolute Gasteiger partial charge is 0.203 e. The van der Waals surface area contributed by atoms with Crippen LogP contribution in [0, 0.1) is 0 Å². The molecule has 3 N–H and O–H groups in total. The lowest BCUT2D eigenvalue weighted by atomic mass is 10.00. The van der Waals surface area contributed by atoms with Gasteiger partial charge in [-0.05, 0) is 24.1 Å². The zero-order chi connectivity index (χ0) is 13.7. The lowest BCUT2D eigenvalue weighted by Gasteiger charge is -2.20. The van der Waals surface area contributed by atoms with Gasteiger partial charge in [-0.15, -0.1) is 12.4 Å². The molecule has 1 rings (SSSR count). The van der Waals surface area contributed by atoms with Gasteiger partial charge in [-0.25, -0.2) is 0 Å². The number of methoxy groups -OCH3 is 3. The number of nitrogens with two attached hydrogens (primary N) is 1. The van der Waals surface area contributed by atoms with Gasteiger partial charge in [-0.3, -0.25) is 0 Å². The fraction of sp³-hybridized carbons (Fsp3) is 0.538. The van der Waals surface area contributed by atoms with Crippen molar-refractivity contribution in [3.63, 3.8) is 0 Å². The van der Waals surface area contributed by atoms with E-state index in [0.717, 1.165) is 5.56 Å². The molecule has 0 aliphatic heterocycles. The van der Waals surface area contributed by atoms with Crippen LogP contribution < -0.4 is 19.9 Å². The Bertz CT molecular complexity index is 375. The van der Waals surface area contributed by atoms with Crippen molar-refractivity contribution in [1.29, 1.82) is 0 Å². The van der Waals surface area contributed by atoms with Crippen LogP contribution in [-0.4, -0.2) is 32.5 Å². The Morgan fingerprint density at radius 2 is 1.58 bits per heavy atom. The first-order chi connectivity index (χ1) is 8.58. The van der Waals surface area contributed by atoms with Gasteiger partial charge < -0.3 is 25.1 Å². The Morgan fingerprint density at radius 3 is 1.89 bits per heavy atom. The van der Waals surface area contributed by atoms with Crippen LogP contribution in [0.5, 0.6) is 17.2 Å². The van der Waals surface area contributed by atoms with Gasteiger partial charge in [0.25, 0.3) is 0 Å². The maximum atomic E-state index is 9.80. The van der Waals surface area contributed by atoms with E-state index in [1.54, 1.807) is 33.5 Å². The van der Waals surface area contributed by atoms with Crippen molar-refractivity contribution in [2.45, 2.75) is 25.5 Å². The number of hydrogen-bond donors (Lipinski definition) is 2. The highest BCUT2D eigenvalue weighted by Crippen LogP contribution is 2.39. The van der Waals surface area contributed by atoms with E-state index in [0.29, 0.717) is 23.7 Å². The Balaban J connectivity index is 0.00000324. The molecule has 2 atom stereocenters. The Kier molecular flexibility index (Phi) is 7.59. The second kappa shape index (κ2) is 8.09. The van der Waals surface area contributed by atoms with Crippen LogP contribution in [0.2, 0.25) is 0 Å². The number of halogens is 1. The number of rotatable bonds is 6. The van der Waals surface area contributed by atoms with E-state index in [4.69, 9.17) is 19.9 Å². The Hall–Kier alpha value is -1.17. The summed E-state index contributed by atoms with van der Waals surface area (Å²) in [7, 11) is 4.63. The molecule has 0 heterocycles. The maximum absolute atomic E-state index is 9.80. The van der Waals surface area contributed by atoms with Crippen LogP contribution in [0.3, 0.4) is 0 Å². The average Bonchev–Trinajstić information content (AvgIpc) is 2.43. The maximum Gasteiger partial charge on any atom is 0.203 e. The summed E-state index contributed by atoms with van der Waals surface area (Å²) in [5.41, 5.74) is 6.73. The quantitative estimate of drug-likeness (QED) is 0.837. The van der Waals surface area contributed by atoms with Crippen LogP contribution in [0.4, 0.5) is 0 Å². The largest absolute Gasteiger partial charge is 0.493 e. The van der Waals surface area contributed by atoms with E-state index in [2.05, 4.69) is 0 Å². The first-order valence-corrected chi connectivity index (χ1v) is 5.82. The molecule has 0 spiro atoms. The summed E-state index contributed by atoms with van der Waals surface area (Å²) >= 11 is 0. The van der Waals surface area contributed by atoms with Crippen molar-refractivity contribution in [3.05, 3.63) is 17.7 Å². The Morgan fingerprint density at radius 1 is 1.11 bits per heavy atom. The average molecular weight is 292 g/mol. The van der Waals surface area contributed by atoms with Crippen LogP contribution >= 0.6 is 12.4 Å². The molecule has 1 aromatic carbocycles. The van der Waals surface area contributed by atoms with Gasteiger partial charge in [-0.1, -0.05) is 6.92 Å². The van der Waals surface area contributed by atoms with E-state index in [9.17, 15) is 5.11 Å². The summed E-state index contributed by atoms with van der Waals surface area (Å²) in [6.45, 7) is 1.88. The van der Waals surface area contributed by atoms with Crippen LogP contribution in [0.1, 0.15) is 24.9 Å². The van der Waals surface area contributed by atoms with Gasteiger partial charge in [0.1, 0.15) is 0 Å². The molecule has 0 bridgehead atoms. The highest BCUT2D eigenvalue weighted by molar-refractivity contribution is 5.85. The minimum Gasteiger partial charge on any atom is -0.493 e. The predicted molar refractivity (Wildman–Crippen MR) is 76.6 cm³/mol. The lowest BCUT2D eigenvalue weighted by molar-refractivity contribution is 0.140. The molecule has 0 radical (unpaired) electrons. The van der Waals surface area contributed by atoms with Crippen molar-refractivity contribution >= 4 is 12.4 Å². The molecule has 0 aliphatic rings. The number of hydrogen-bond acceptors (Lipinski definition) is 5. The monoisotopic (exact) mass is 291 g/mol. The summed E-state index contributed by atoms with van der Waals surface area (Å²) < 4.78 is 15.7. The number of ether oxygens (including phenoxy) is 3. The third-order valence-corrected chi connectivity index (χ3v) is 2.90. The molecular weight excluding hydrogens is 270 g/mol. The zero-order valence-electron chi connectivity index (χ0n) is 11.7. The highest BCUT2D eigenvalue weighted by Gasteiger charge is 2.20. The molecule has 19 heavy (non-hydrogen) atoms. The molecule has 110 valence electrons. The summed E-state index contributed by atoms with van der Waals surface area (Å²) in [5.74, 6) is 1.58. The molecule has 0 aliphatic carbocycles. The van der Waals surface area contributed by atoms with Crippen LogP contribution in [0.25, 0.3) is 0 Å². The zero-order valence-corrected chi connectivity index (χ0v) is 12.5. The van der Waals surface area contributed by atoms with E-state index in [1.165, 1.54) is 0 Å². The van der Waals surface area contributed by atoms with Crippen LogP contribution in [-0.2, 0) is 0 Å². The minimum absolute atomic E-state index is 0. The lowest BCUT2D eigenvalue weighted by Crippen LogP contribution is -2.25. The minimum atomic E-state index is -0.604. The second-order valence-electron chi connectivity index (χ2n) is 3.96. The molecule has 6 heteroatoms. The molecule has 0 amide bonds. The van der Waals surface area contributed by atoms with Crippen molar-refractivity contribution in [3.8, 4) is 17.2 Å². The summed E-state index contributed by atoms with van der Waals surface area (Å²) in [6.07, 6.45) is -0.0227. The van der Waals surface area contributed by atoms with Gasteiger partial charge in [-0.2, -0.15) is 0 Å². The highest BCUT2D eigenvalue weighted by atomic mass is 35.5. The van der Waals surface area contributed by atoms with Gasteiger partial charge in [0.2, 0.25) is 5.75 Å². The third kappa shape index (κ3) is 3.89. The van der Waals surface area contributed by atoms with Crippen LogP contribution in [0.15, 0.2) is 12.1 Å². The fourth-order valence-corrected chi connectivity index (χ4v) is 1.77. The molecule has 0 saturated carbocycles. The molecule has 0 saturated heterocycles. The van der Waals surface area contributed by atoms with Crippen molar-refractivity contribution in [1.82, 2.24) is 0 Å². The van der Waals surface area contributed by atoms with Crippen molar-refractivity contribution < 1.29 is 19.3 Å². The van der Waals surface area contributed by atoms with Gasteiger partial charge in [0, 0.05) is 0 Å². The summed E-state index contributed by atoms with van der Waals surface area (Å²) in [6, 6.07) is 3.03. The van der Waals surface area contributed by atoms with Crippen molar-refractivity contribution in [2.24, 2.45) is 5.73 Å². The number of aliphatic hydroxyl groups excluding tert-OH is 1.